The molecule has 1 aromatic carbocycles. The second kappa shape index (κ2) is 9.89. The average molecular weight is 523 g/mol. The first-order chi connectivity index (χ1) is 18.1. The van der Waals surface area contributed by atoms with E-state index in [2.05, 4.69) is 11.5 Å². The van der Waals surface area contributed by atoms with E-state index >= 15 is 0 Å². The number of Topliss-reactive ketones (excluding diaryl/α,β-unsaturated/α-hetero) is 1. The number of benzene rings is 1. The molecule has 1 heterocycles. The summed E-state index contributed by atoms with van der Waals surface area (Å²) in [6.07, 6.45) is 6.35. The Hall–Kier alpha value is -3.10. The lowest BCUT2D eigenvalue weighted by Gasteiger charge is -2.49. The van der Waals surface area contributed by atoms with Crippen LogP contribution in [-0.2, 0) is 29.0 Å². The predicted octanol–water partition coefficient (Wildman–Crippen LogP) is 3.60. The van der Waals surface area contributed by atoms with Crippen LogP contribution in [0.2, 0.25) is 0 Å². The summed E-state index contributed by atoms with van der Waals surface area (Å²) in [4.78, 5) is 28.7. The molecule has 0 aromatic heterocycles. The fourth-order valence-corrected chi connectivity index (χ4v) is 7.56. The van der Waals surface area contributed by atoms with Gasteiger partial charge in [-0.05, 0) is 74.6 Å². The molecule has 4 atom stereocenters. The van der Waals surface area contributed by atoms with Crippen molar-refractivity contribution >= 4 is 17.4 Å². The van der Waals surface area contributed by atoms with Gasteiger partial charge in [0.1, 0.15) is 22.9 Å². The van der Waals surface area contributed by atoms with E-state index in [-0.39, 0.29) is 47.2 Å². The number of phenols is 1. The highest BCUT2D eigenvalue weighted by Gasteiger charge is 2.58. The molecule has 8 heteroatoms. The van der Waals surface area contributed by atoms with E-state index in [4.69, 9.17) is 5.73 Å². The molecule has 3 unspecified atom stereocenters. The van der Waals surface area contributed by atoms with Gasteiger partial charge in [-0.15, -0.1) is 6.58 Å². The summed E-state index contributed by atoms with van der Waals surface area (Å²) in [6, 6.07) is 2.03. The summed E-state index contributed by atoms with van der Waals surface area (Å²) < 4.78 is 0. The number of fused-ring (bicyclic) bond motifs is 3. The topological polar surface area (TPSA) is 144 Å². The number of carbonyl (C=O) groups is 2. The first-order valence-electron chi connectivity index (χ1n) is 13.7. The zero-order valence-corrected chi connectivity index (χ0v) is 22.0. The molecule has 6 N–H and O–H groups in total. The molecule has 0 radical (unpaired) electrons. The molecule has 5 rings (SSSR count). The molecule has 1 saturated carbocycles. The van der Waals surface area contributed by atoms with Gasteiger partial charge in [-0.2, -0.15) is 0 Å². The minimum atomic E-state index is -2.02. The molecule has 1 amide bonds. The monoisotopic (exact) mass is 522 g/mol. The first-order valence-corrected chi connectivity index (χ1v) is 13.7. The lowest BCUT2D eigenvalue weighted by molar-refractivity contribution is -0.137. The summed E-state index contributed by atoms with van der Waals surface area (Å²) in [5, 5.41) is 45.4. The maximum absolute atomic E-state index is 14.1. The molecule has 0 spiro atoms. The second-order valence-corrected chi connectivity index (χ2v) is 11.4. The van der Waals surface area contributed by atoms with Gasteiger partial charge < -0.3 is 26.2 Å². The molecule has 38 heavy (non-hydrogen) atoms. The number of likely N-dealkylation sites (tertiary alicyclic amines) is 1. The van der Waals surface area contributed by atoms with Gasteiger partial charge in [-0.1, -0.05) is 25.5 Å². The molecule has 8 nitrogen and oxygen atoms in total. The number of aryl methyl sites for hydroxylation is 1. The smallest absolute Gasteiger partial charge is 0.250 e. The number of hydrogen-bond acceptors (Lipinski definition) is 7. The molecule has 4 aliphatic rings. The van der Waals surface area contributed by atoms with Crippen LogP contribution in [0, 0.1) is 17.8 Å². The Bertz CT molecular complexity index is 1260. The van der Waals surface area contributed by atoms with Gasteiger partial charge in [-0.25, -0.2) is 0 Å². The number of hydrogen-bond donors (Lipinski definition) is 5. The van der Waals surface area contributed by atoms with Gasteiger partial charge in [0, 0.05) is 24.1 Å². The molecule has 1 saturated heterocycles. The SMILES string of the molecule is C=CC[C@]1(O)C(C(N)=O)=C(O)CC2CC3Cc4c(CC)cc(CN5CCCCC5)c(O)c4C(O)=C3C(=O)C21. The van der Waals surface area contributed by atoms with Gasteiger partial charge in [0.25, 0.3) is 5.91 Å². The maximum atomic E-state index is 14.1. The summed E-state index contributed by atoms with van der Waals surface area (Å²) in [5.41, 5.74) is 6.26. The van der Waals surface area contributed by atoms with Crippen molar-refractivity contribution in [3.8, 4) is 5.75 Å². The van der Waals surface area contributed by atoms with Crippen molar-refractivity contribution in [1.29, 1.82) is 0 Å². The Morgan fingerprint density at radius 1 is 1.18 bits per heavy atom. The fraction of sp³-hybridized carbons (Fsp3) is 0.533. The van der Waals surface area contributed by atoms with E-state index in [1.807, 2.05) is 13.0 Å². The maximum Gasteiger partial charge on any atom is 0.250 e. The highest BCUT2D eigenvalue weighted by Crippen LogP contribution is 2.54. The normalized spacial score (nSPS) is 29.5. The van der Waals surface area contributed by atoms with Gasteiger partial charge in [0.2, 0.25) is 0 Å². The minimum Gasteiger partial charge on any atom is -0.512 e. The lowest BCUT2D eigenvalue weighted by Crippen LogP contribution is -2.56. The number of rotatable bonds is 6. The molecule has 2 fully saturated rings. The van der Waals surface area contributed by atoms with E-state index < -0.39 is 29.1 Å². The van der Waals surface area contributed by atoms with Crippen molar-refractivity contribution in [3.63, 3.8) is 0 Å². The van der Waals surface area contributed by atoms with Crippen molar-refractivity contribution in [1.82, 2.24) is 4.90 Å². The quantitative estimate of drug-likeness (QED) is 0.359. The van der Waals surface area contributed by atoms with E-state index in [1.54, 1.807) is 0 Å². The number of aromatic hydroxyl groups is 1. The van der Waals surface area contributed by atoms with Crippen LogP contribution in [0.25, 0.3) is 5.76 Å². The van der Waals surface area contributed by atoms with Crippen LogP contribution >= 0.6 is 0 Å². The molecule has 1 aliphatic heterocycles. The van der Waals surface area contributed by atoms with Crippen molar-refractivity contribution in [2.75, 3.05) is 13.1 Å². The van der Waals surface area contributed by atoms with Crippen LogP contribution in [0.4, 0.5) is 0 Å². The molecule has 3 aliphatic carbocycles. The van der Waals surface area contributed by atoms with Crippen LogP contribution < -0.4 is 5.73 Å². The van der Waals surface area contributed by atoms with Crippen molar-refractivity contribution in [3.05, 3.63) is 57.9 Å². The molecular formula is C30H38N2O6. The van der Waals surface area contributed by atoms with E-state index in [0.29, 0.717) is 24.9 Å². The molecule has 204 valence electrons. The number of carbonyl (C=O) groups excluding carboxylic acids is 2. The Morgan fingerprint density at radius 3 is 2.53 bits per heavy atom. The average Bonchev–Trinajstić information content (AvgIpc) is 2.85. The first kappa shape index (κ1) is 26.5. The summed E-state index contributed by atoms with van der Waals surface area (Å²) in [5.74, 6) is -3.82. The second-order valence-electron chi connectivity index (χ2n) is 11.4. The van der Waals surface area contributed by atoms with Gasteiger partial charge in [-0.3, -0.25) is 14.5 Å². The Balaban J connectivity index is 1.62. The largest absolute Gasteiger partial charge is 0.512 e. The zero-order chi connectivity index (χ0) is 27.4. The van der Waals surface area contributed by atoms with E-state index in [9.17, 15) is 30.0 Å². The molecule has 1 aromatic rings. The van der Waals surface area contributed by atoms with Crippen LogP contribution in [0.5, 0.6) is 5.75 Å². The number of ketones is 1. The number of nitrogens with two attached hydrogens (primary N) is 1. The Morgan fingerprint density at radius 2 is 1.89 bits per heavy atom. The summed E-state index contributed by atoms with van der Waals surface area (Å²) >= 11 is 0. The van der Waals surface area contributed by atoms with Crippen LogP contribution in [0.1, 0.15) is 67.7 Å². The third-order valence-corrected chi connectivity index (χ3v) is 9.15. The van der Waals surface area contributed by atoms with Crippen molar-refractivity contribution in [2.24, 2.45) is 23.5 Å². The van der Waals surface area contributed by atoms with E-state index in [0.717, 1.165) is 49.0 Å². The van der Waals surface area contributed by atoms with Crippen molar-refractivity contribution < 1.29 is 30.0 Å². The Kier molecular flexibility index (Phi) is 6.90. The number of aliphatic hydroxyl groups is 3. The van der Waals surface area contributed by atoms with Gasteiger partial charge >= 0.3 is 0 Å². The predicted molar refractivity (Wildman–Crippen MR) is 143 cm³/mol. The van der Waals surface area contributed by atoms with Crippen LogP contribution in [-0.4, -0.2) is 55.7 Å². The third-order valence-electron chi connectivity index (χ3n) is 9.15. The number of primary amides is 1. The summed E-state index contributed by atoms with van der Waals surface area (Å²) in [6.45, 7) is 8.20. The van der Waals surface area contributed by atoms with Crippen LogP contribution in [0.15, 0.2) is 35.6 Å². The fourth-order valence-electron chi connectivity index (χ4n) is 7.56. The number of nitrogens with zero attached hydrogens (tertiary/aromatic N) is 1. The minimum absolute atomic E-state index is 0.00140. The van der Waals surface area contributed by atoms with Gasteiger partial charge in [0.05, 0.1) is 17.1 Å². The zero-order valence-electron chi connectivity index (χ0n) is 22.0. The number of aliphatic hydroxyl groups excluding tert-OH is 2. The third kappa shape index (κ3) is 4.05. The van der Waals surface area contributed by atoms with Crippen LogP contribution in [0.3, 0.4) is 0 Å². The molecule has 0 bridgehead atoms. The van der Waals surface area contributed by atoms with E-state index in [1.165, 1.54) is 12.5 Å². The van der Waals surface area contributed by atoms with Crippen molar-refractivity contribution in [2.45, 2.75) is 70.4 Å². The number of piperidine rings is 1. The lowest BCUT2D eigenvalue weighted by atomic mass is 9.55. The number of allylic oxidation sites excluding steroid dienone is 2. The highest BCUT2D eigenvalue weighted by molar-refractivity contribution is 6.08. The Labute approximate surface area is 223 Å². The number of phenolic OH excluding ortho intramolecular Hbond substituents is 1. The number of amides is 1. The van der Waals surface area contributed by atoms with Gasteiger partial charge in [0.15, 0.2) is 5.78 Å². The molecular weight excluding hydrogens is 484 g/mol. The highest BCUT2D eigenvalue weighted by atomic mass is 16.3. The standard InChI is InChI=1S/C30H38N2O6/c1-3-8-30(38)24-18(14-21(33)25(30)29(31)37)12-17-13-20-16(4-2)11-19(15-32-9-6-5-7-10-32)26(34)23(20)27(35)22(17)28(24)36/h3,11,17-18,24,33-35,38H,1,4-10,12-15H2,2H3,(H2,31,37)/t17?,18?,24?,30-/m1/s1. The summed E-state index contributed by atoms with van der Waals surface area (Å²) in [7, 11) is 0.